The fourth-order valence-electron chi connectivity index (χ4n) is 2.17. The number of rotatable bonds is 4. The average molecular weight is 223 g/mol. The Balaban J connectivity index is 1.93. The van der Waals surface area contributed by atoms with Crippen LogP contribution in [0.3, 0.4) is 0 Å². The molecule has 1 fully saturated rings. The van der Waals surface area contributed by atoms with Crippen molar-refractivity contribution in [3.8, 4) is 5.75 Å². The summed E-state index contributed by atoms with van der Waals surface area (Å²) in [6, 6.07) is 4.93. The molecule has 0 aromatic heterocycles. The number of benzene rings is 1. The molecule has 2 nitrogen and oxygen atoms in total. The van der Waals surface area contributed by atoms with Crippen molar-refractivity contribution in [3.63, 3.8) is 0 Å². The Hall–Kier alpha value is -1.09. The topological polar surface area (TPSA) is 35.2 Å². The minimum atomic E-state index is -0.305. The van der Waals surface area contributed by atoms with Crippen LogP contribution in [0.1, 0.15) is 31.2 Å². The van der Waals surface area contributed by atoms with E-state index in [-0.39, 0.29) is 5.82 Å². The summed E-state index contributed by atoms with van der Waals surface area (Å²) in [6.07, 6.45) is 4.98. The van der Waals surface area contributed by atoms with Crippen LogP contribution < -0.4 is 10.5 Å². The van der Waals surface area contributed by atoms with Crippen molar-refractivity contribution in [1.29, 1.82) is 0 Å². The molecular weight excluding hydrogens is 205 g/mol. The van der Waals surface area contributed by atoms with E-state index in [9.17, 15) is 4.39 Å². The first-order valence-electron chi connectivity index (χ1n) is 5.91. The largest absolute Gasteiger partial charge is 0.490 e. The van der Waals surface area contributed by atoms with Gasteiger partial charge in [0.05, 0.1) is 6.61 Å². The Morgan fingerprint density at radius 1 is 1.31 bits per heavy atom. The van der Waals surface area contributed by atoms with Gasteiger partial charge < -0.3 is 10.5 Å². The summed E-state index contributed by atoms with van der Waals surface area (Å²) < 4.78 is 19.0. The molecule has 2 N–H and O–H groups in total. The maximum Gasteiger partial charge on any atom is 0.165 e. The van der Waals surface area contributed by atoms with Gasteiger partial charge in [-0.15, -0.1) is 0 Å². The summed E-state index contributed by atoms with van der Waals surface area (Å²) in [4.78, 5) is 0. The molecule has 16 heavy (non-hydrogen) atoms. The quantitative estimate of drug-likeness (QED) is 0.851. The van der Waals surface area contributed by atoms with Crippen molar-refractivity contribution >= 4 is 0 Å². The first kappa shape index (κ1) is 11.4. The first-order chi connectivity index (χ1) is 7.79. The summed E-state index contributed by atoms with van der Waals surface area (Å²) in [5.41, 5.74) is 6.23. The van der Waals surface area contributed by atoms with Crippen LogP contribution in [0.15, 0.2) is 18.2 Å². The van der Waals surface area contributed by atoms with Crippen molar-refractivity contribution in [2.45, 2.75) is 32.2 Å². The second-order valence-electron chi connectivity index (χ2n) is 4.43. The van der Waals surface area contributed by atoms with Crippen LogP contribution in [0.2, 0.25) is 0 Å². The highest BCUT2D eigenvalue weighted by Gasteiger charge is 2.16. The van der Waals surface area contributed by atoms with Gasteiger partial charge in [0, 0.05) is 6.54 Å². The van der Waals surface area contributed by atoms with Gasteiger partial charge in [0.25, 0.3) is 0 Å². The van der Waals surface area contributed by atoms with E-state index in [4.69, 9.17) is 10.5 Å². The van der Waals surface area contributed by atoms with Gasteiger partial charge in [-0.2, -0.15) is 0 Å². The van der Waals surface area contributed by atoms with Crippen molar-refractivity contribution in [2.75, 3.05) is 6.61 Å². The summed E-state index contributed by atoms with van der Waals surface area (Å²) in [7, 11) is 0. The second-order valence-corrected chi connectivity index (χ2v) is 4.43. The van der Waals surface area contributed by atoms with Gasteiger partial charge in [0.1, 0.15) is 0 Å². The van der Waals surface area contributed by atoms with Crippen molar-refractivity contribution in [1.82, 2.24) is 0 Å². The highest BCUT2D eigenvalue weighted by atomic mass is 19.1. The fourth-order valence-corrected chi connectivity index (χ4v) is 2.17. The van der Waals surface area contributed by atoms with E-state index in [1.807, 2.05) is 6.07 Å². The Morgan fingerprint density at radius 3 is 2.69 bits per heavy atom. The van der Waals surface area contributed by atoms with E-state index in [2.05, 4.69) is 0 Å². The Bertz CT molecular complexity index is 348. The molecule has 1 aromatic carbocycles. The third-order valence-corrected chi connectivity index (χ3v) is 3.18. The summed E-state index contributed by atoms with van der Waals surface area (Å²) in [5, 5.41) is 0. The highest BCUT2D eigenvalue weighted by molar-refractivity contribution is 5.29. The lowest BCUT2D eigenvalue weighted by molar-refractivity contribution is 0.242. The smallest absolute Gasteiger partial charge is 0.165 e. The molecule has 0 amide bonds. The van der Waals surface area contributed by atoms with Gasteiger partial charge in [-0.1, -0.05) is 18.9 Å². The van der Waals surface area contributed by atoms with E-state index in [1.165, 1.54) is 31.7 Å². The molecule has 0 spiro atoms. The van der Waals surface area contributed by atoms with Crippen LogP contribution in [0.4, 0.5) is 4.39 Å². The third-order valence-electron chi connectivity index (χ3n) is 3.18. The van der Waals surface area contributed by atoms with Gasteiger partial charge in [-0.05, 0) is 36.5 Å². The van der Waals surface area contributed by atoms with Crippen LogP contribution >= 0.6 is 0 Å². The lowest BCUT2D eigenvalue weighted by Crippen LogP contribution is -2.09. The highest BCUT2D eigenvalue weighted by Crippen LogP contribution is 2.26. The minimum absolute atomic E-state index is 0.305. The van der Waals surface area contributed by atoms with Gasteiger partial charge >= 0.3 is 0 Å². The van der Waals surface area contributed by atoms with Crippen molar-refractivity contribution in [3.05, 3.63) is 29.6 Å². The number of hydrogen-bond donors (Lipinski definition) is 1. The van der Waals surface area contributed by atoms with Gasteiger partial charge in [0.15, 0.2) is 11.6 Å². The molecule has 0 atom stereocenters. The summed E-state index contributed by atoms with van der Waals surface area (Å²) in [5.74, 6) is 0.652. The number of nitrogens with two attached hydrogens (primary N) is 1. The molecule has 0 radical (unpaired) electrons. The molecule has 1 aliphatic rings. The second kappa shape index (κ2) is 5.30. The zero-order chi connectivity index (χ0) is 11.4. The average Bonchev–Trinajstić information content (AvgIpc) is 2.80. The molecule has 0 heterocycles. The molecular formula is C13H18FNO. The molecule has 3 heteroatoms. The standard InChI is InChI=1S/C13H18FNO/c14-12-7-11(8-15)5-6-13(12)16-9-10-3-1-2-4-10/h5-7,10H,1-4,8-9,15H2. The zero-order valence-electron chi connectivity index (χ0n) is 9.42. The first-order valence-corrected chi connectivity index (χ1v) is 5.91. The van der Waals surface area contributed by atoms with Gasteiger partial charge in [-0.3, -0.25) is 0 Å². The predicted octanol–water partition coefficient (Wildman–Crippen LogP) is 2.85. The van der Waals surface area contributed by atoms with E-state index < -0.39 is 0 Å². The molecule has 2 rings (SSSR count). The normalized spacial score (nSPS) is 16.6. The molecule has 0 aliphatic heterocycles. The van der Waals surface area contributed by atoms with Crippen molar-refractivity contribution in [2.24, 2.45) is 11.7 Å². The summed E-state index contributed by atoms with van der Waals surface area (Å²) in [6.45, 7) is 0.999. The lowest BCUT2D eigenvalue weighted by atomic mass is 10.1. The molecule has 88 valence electrons. The molecule has 0 unspecified atom stereocenters. The number of hydrogen-bond acceptors (Lipinski definition) is 2. The monoisotopic (exact) mass is 223 g/mol. The van der Waals surface area contributed by atoms with Crippen LogP contribution in [0, 0.1) is 11.7 Å². The molecule has 0 bridgehead atoms. The Labute approximate surface area is 95.6 Å². The predicted molar refractivity (Wildman–Crippen MR) is 61.7 cm³/mol. The van der Waals surface area contributed by atoms with Crippen LogP contribution in [-0.4, -0.2) is 6.61 Å². The Kier molecular flexibility index (Phi) is 3.78. The summed E-state index contributed by atoms with van der Waals surface area (Å²) >= 11 is 0. The van der Waals surface area contributed by atoms with Crippen LogP contribution in [0.25, 0.3) is 0 Å². The molecule has 0 saturated heterocycles. The minimum Gasteiger partial charge on any atom is -0.490 e. The maximum atomic E-state index is 13.5. The lowest BCUT2D eigenvalue weighted by Gasteiger charge is -2.12. The number of halogens is 1. The Morgan fingerprint density at radius 2 is 2.06 bits per heavy atom. The van der Waals surface area contributed by atoms with E-state index in [0.717, 1.165) is 5.56 Å². The maximum absolute atomic E-state index is 13.5. The van der Waals surface area contributed by atoms with Gasteiger partial charge in [-0.25, -0.2) is 4.39 Å². The van der Waals surface area contributed by atoms with Crippen molar-refractivity contribution < 1.29 is 9.13 Å². The molecule has 1 saturated carbocycles. The fraction of sp³-hybridized carbons (Fsp3) is 0.538. The zero-order valence-corrected chi connectivity index (χ0v) is 9.42. The molecule has 1 aromatic rings. The van der Waals surface area contributed by atoms with Gasteiger partial charge in [0.2, 0.25) is 0 Å². The number of ether oxygens (including phenoxy) is 1. The van der Waals surface area contributed by atoms with Crippen LogP contribution in [0.5, 0.6) is 5.75 Å². The van der Waals surface area contributed by atoms with E-state index in [1.54, 1.807) is 6.07 Å². The molecule has 1 aliphatic carbocycles. The van der Waals surface area contributed by atoms with Crippen LogP contribution in [-0.2, 0) is 6.54 Å². The van der Waals surface area contributed by atoms with E-state index >= 15 is 0 Å². The SMILES string of the molecule is NCc1ccc(OCC2CCCC2)c(F)c1. The third kappa shape index (κ3) is 2.73. The van der Waals surface area contributed by atoms with E-state index in [0.29, 0.717) is 24.8 Å².